The monoisotopic (exact) mass is 211 g/mol. The van der Waals surface area contributed by atoms with E-state index in [4.69, 9.17) is 5.73 Å². The minimum Gasteiger partial charge on any atom is -0.326 e. The summed E-state index contributed by atoms with van der Waals surface area (Å²) in [6.45, 7) is 6.43. The van der Waals surface area contributed by atoms with Gasteiger partial charge in [0.05, 0.1) is 0 Å². The summed E-state index contributed by atoms with van der Waals surface area (Å²) in [4.78, 5) is 8.26. The smallest absolute Gasteiger partial charge is 0.187 e. The van der Waals surface area contributed by atoms with E-state index in [0.717, 1.165) is 10.9 Å². The largest absolute Gasteiger partial charge is 0.326 e. The molecule has 78 valence electrons. The van der Waals surface area contributed by atoms with E-state index in [2.05, 4.69) is 30.7 Å². The number of nitrogens with zero attached hydrogens (tertiary/aromatic N) is 2. The Morgan fingerprint density at radius 1 is 1.36 bits per heavy atom. The first-order valence-electron chi connectivity index (χ1n) is 4.65. The van der Waals surface area contributed by atoms with Gasteiger partial charge >= 0.3 is 0 Å². The van der Waals surface area contributed by atoms with Crippen molar-refractivity contribution >= 4 is 11.8 Å². The zero-order chi connectivity index (χ0) is 10.6. The van der Waals surface area contributed by atoms with Gasteiger partial charge < -0.3 is 5.73 Å². The summed E-state index contributed by atoms with van der Waals surface area (Å²) in [5, 5.41) is 0.798. The van der Waals surface area contributed by atoms with Crippen LogP contribution in [0.3, 0.4) is 0 Å². The summed E-state index contributed by atoms with van der Waals surface area (Å²) in [6.07, 6.45) is 3.50. The Labute approximate surface area is 89.5 Å². The molecule has 14 heavy (non-hydrogen) atoms. The van der Waals surface area contributed by atoms with Crippen molar-refractivity contribution in [2.75, 3.05) is 5.75 Å². The van der Waals surface area contributed by atoms with Crippen molar-refractivity contribution in [3.05, 3.63) is 18.5 Å². The minimum atomic E-state index is 0.141. The number of nitrogens with two attached hydrogens (primary N) is 1. The third kappa shape index (κ3) is 3.64. The van der Waals surface area contributed by atoms with Gasteiger partial charge in [0.15, 0.2) is 5.16 Å². The van der Waals surface area contributed by atoms with Gasteiger partial charge in [-0.25, -0.2) is 9.97 Å². The molecule has 1 rings (SSSR count). The summed E-state index contributed by atoms with van der Waals surface area (Å²) in [5.41, 5.74) is 6.16. The third-order valence-corrected chi connectivity index (χ3v) is 3.04. The summed E-state index contributed by atoms with van der Waals surface area (Å²) in [5.74, 6) is 0.855. The highest BCUT2D eigenvalue weighted by Crippen LogP contribution is 2.22. The molecule has 0 fully saturated rings. The molecule has 0 spiro atoms. The number of hydrogen-bond acceptors (Lipinski definition) is 4. The second-order valence-electron chi connectivity index (χ2n) is 4.31. The molecule has 0 aliphatic heterocycles. The molecule has 3 nitrogen and oxygen atoms in total. The fourth-order valence-corrected chi connectivity index (χ4v) is 1.87. The lowest BCUT2D eigenvalue weighted by molar-refractivity contribution is 0.344. The average Bonchev–Trinajstić information content (AvgIpc) is 2.14. The van der Waals surface area contributed by atoms with Crippen molar-refractivity contribution in [3.63, 3.8) is 0 Å². The second-order valence-corrected chi connectivity index (χ2v) is 5.30. The van der Waals surface area contributed by atoms with Crippen molar-refractivity contribution in [1.29, 1.82) is 0 Å². The van der Waals surface area contributed by atoms with E-state index in [9.17, 15) is 0 Å². The highest BCUT2D eigenvalue weighted by molar-refractivity contribution is 7.99. The van der Waals surface area contributed by atoms with Crippen LogP contribution in [0.25, 0.3) is 0 Å². The topological polar surface area (TPSA) is 51.8 Å². The molecule has 0 radical (unpaired) electrons. The molecule has 0 bridgehead atoms. The van der Waals surface area contributed by atoms with Crippen LogP contribution in [0.5, 0.6) is 0 Å². The van der Waals surface area contributed by atoms with E-state index in [-0.39, 0.29) is 11.5 Å². The van der Waals surface area contributed by atoms with Gasteiger partial charge in [-0.3, -0.25) is 0 Å². The van der Waals surface area contributed by atoms with E-state index in [1.165, 1.54) is 0 Å². The van der Waals surface area contributed by atoms with Crippen molar-refractivity contribution in [2.45, 2.75) is 32.0 Å². The minimum absolute atomic E-state index is 0.141. The van der Waals surface area contributed by atoms with E-state index in [1.807, 2.05) is 6.07 Å². The molecular weight excluding hydrogens is 194 g/mol. The molecule has 1 atom stereocenters. The van der Waals surface area contributed by atoms with Gasteiger partial charge in [-0.05, 0) is 11.5 Å². The quantitative estimate of drug-likeness (QED) is 0.613. The Morgan fingerprint density at radius 2 is 1.93 bits per heavy atom. The van der Waals surface area contributed by atoms with Crippen LogP contribution in [0.2, 0.25) is 0 Å². The number of aromatic nitrogens is 2. The molecule has 1 aromatic rings. The lowest BCUT2D eigenvalue weighted by Crippen LogP contribution is -2.37. The van der Waals surface area contributed by atoms with E-state index in [1.54, 1.807) is 24.2 Å². The predicted octanol–water partition coefficient (Wildman–Crippen LogP) is 1.94. The summed E-state index contributed by atoms with van der Waals surface area (Å²) < 4.78 is 0. The fraction of sp³-hybridized carbons (Fsp3) is 0.600. The zero-order valence-electron chi connectivity index (χ0n) is 8.90. The van der Waals surface area contributed by atoms with Crippen LogP contribution in [0.15, 0.2) is 23.6 Å². The normalized spacial score (nSPS) is 14.0. The van der Waals surface area contributed by atoms with Crippen LogP contribution in [-0.4, -0.2) is 21.8 Å². The van der Waals surface area contributed by atoms with Crippen LogP contribution in [0.1, 0.15) is 20.8 Å². The highest BCUT2D eigenvalue weighted by atomic mass is 32.2. The van der Waals surface area contributed by atoms with Gasteiger partial charge in [-0.2, -0.15) is 0 Å². The maximum atomic E-state index is 6.02. The van der Waals surface area contributed by atoms with Gasteiger partial charge in [0.2, 0.25) is 0 Å². The fourth-order valence-electron chi connectivity index (χ4n) is 0.774. The van der Waals surface area contributed by atoms with Crippen LogP contribution in [0, 0.1) is 5.41 Å². The van der Waals surface area contributed by atoms with E-state index in [0.29, 0.717) is 0 Å². The zero-order valence-corrected chi connectivity index (χ0v) is 9.71. The molecule has 1 heterocycles. The number of thioether (sulfide) groups is 1. The lowest BCUT2D eigenvalue weighted by Gasteiger charge is -2.26. The molecule has 0 saturated carbocycles. The third-order valence-electron chi connectivity index (χ3n) is 2.05. The summed E-state index contributed by atoms with van der Waals surface area (Å²) in [6, 6.07) is 1.98. The van der Waals surface area contributed by atoms with Crippen molar-refractivity contribution in [1.82, 2.24) is 9.97 Å². The Balaban J connectivity index is 2.42. The molecule has 4 heteroatoms. The Hall–Kier alpha value is -0.610. The molecule has 0 aliphatic rings. The van der Waals surface area contributed by atoms with Crippen LogP contribution < -0.4 is 5.73 Å². The van der Waals surface area contributed by atoms with Crippen molar-refractivity contribution < 1.29 is 0 Å². The summed E-state index contributed by atoms with van der Waals surface area (Å²) in [7, 11) is 0. The average molecular weight is 211 g/mol. The second kappa shape index (κ2) is 4.75. The SMILES string of the molecule is CC(C)(C)C(N)CSc1ncccn1. The van der Waals surface area contributed by atoms with Gasteiger partial charge in [0, 0.05) is 24.2 Å². The van der Waals surface area contributed by atoms with E-state index >= 15 is 0 Å². The van der Waals surface area contributed by atoms with Crippen molar-refractivity contribution in [3.8, 4) is 0 Å². The van der Waals surface area contributed by atoms with Gasteiger partial charge in [0.1, 0.15) is 0 Å². The first-order valence-corrected chi connectivity index (χ1v) is 5.64. The molecule has 1 aromatic heterocycles. The van der Waals surface area contributed by atoms with Gasteiger partial charge in [-0.1, -0.05) is 32.5 Å². The lowest BCUT2D eigenvalue weighted by atomic mass is 9.89. The van der Waals surface area contributed by atoms with Crippen molar-refractivity contribution in [2.24, 2.45) is 11.1 Å². The first-order chi connectivity index (χ1) is 6.50. The summed E-state index contributed by atoms with van der Waals surface area (Å²) >= 11 is 1.61. The Morgan fingerprint density at radius 3 is 2.43 bits per heavy atom. The van der Waals surface area contributed by atoms with Gasteiger partial charge in [0.25, 0.3) is 0 Å². The molecule has 0 aliphatic carbocycles. The molecule has 0 amide bonds. The van der Waals surface area contributed by atoms with Crippen LogP contribution in [-0.2, 0) is 0 Å². The first kappa shape index (κ1) is 11.5. The highest BCUT2D eigenvalue weighted by Gasteiger charge is 2.20. The molecule has 0 aromatic carbocycles. The maximum Gasteiger partial charge on any atom is 0.187 e. The maximum absolute atomic E-state index is 6.02. The number of rotatable bonds is 3. The number of hydrogen-bond donors (Lipinski definition) is 1. The standard InChI is InChI=1S/C10H17N3S/c1-10(2,3)8(11)7-14-9-12-5-4-6-13-9/h4-6,8H,7,11H2,1-3H3. The Kier molecular flexibility index (Phi) is 3.89. The Bertz CT molecular complexity index is 268. The predicted molar refractivity (Wildman–Crippen MR) is 60.2 cm³/mol. The molecular formula is C10H17N3S. The molecule has 1 unspecified atom stereocenters. The molecule has 0 saturated heterocycles. The van der Waals surface area contributed by atoms with Gasteiger partial charge in [-0.15, -0.1) is 0 Å². The molecule has 2 N–H and O–H groups in total. The van der Waals surface area contributed by atoms with Crippen LogP contribution in [0.4, 0.5) is 0 Å². The van der Waals surface area contributed by atoms with E-state index < -0.39 is 0 Å². The van der Waals surface area contributed by atoms with Crippen LogP contribution >= 0.6 is 11.8 Å².